The highest BCUT2D eigenvalue weighted by Crippen LogP contribution is 2.17. The molecule has 2 aromatic heterocycles. The normalized spacial score (nSPS) is 20.7. The number of halogens is 1. The average Bonchev–Trinajstić information content (AvgIpc) is 2.90. The van der Waals surface area contributed by atoms with E-state index in [-0.39, 0.29) is 0 Å². The molecule has 1 aliphatic heterocycles. The van der Waals surface area contributed by atoms with Crippen LogP contribution in [0.2, 0.25) is 5.15 Å². The van der Waals surface area contributed by atoms with E-state index in [1.165, 1.54) is 6.42 Å². The second kappa shape index (κ2) is 3.99. The Morgan fingerprint density at radius 1 is 1.50 bits per heavy atom. The van der Waals surface area contributed by atoms with Crippen LogP contribution in [0, 0.1) is 5.92 Å². The van der Waals surface area contributed by atoms with E-state index in [2.05, 4.69) is 20.5 Å². The van der Waals surface area contributed by atoms with Gasteiger partial charge in [0.15, 0.2) is 10.8 Å². The summed E-state index contributed by atoms with van der Waals surface area (Å²) in [5, 5.41) is 12.0. The van der Waals surface area contributed by atoms with Gasteiger partial charge in [-0.15, -0.1) is 10.2 Å². The van der Waals surface area contributed by atoms with E-state index in [0.29, 0.717) is 16.7 Å². The summed E-state index contributed by atoms with van der Waals surface area (Å²) in [6, 6.07) is 0. The molecule has 0 spiro atoms. The molecule has 1 atom stereocenters. The van der Waals surface area contributed by atoms with Gasteiger partial charge in [-0.25, -0.2) is 4.98 Å². The van der Waals surface area contributed by atoms with Crippen molar-refractivity contribution >= 4 is 17.2 Å². The Labute approximate surface area is 97.8 Å². The van der Waals surface area contributed by atoms with Gasteiger partial charge < -0.3 is 5.32 Å². The van der Waals surface area contributed by atoms with E-state index in [0.717, 1.165) is 25.3 Å². The van der Waals surface area contributed by atoms with Gasteiger partial charge in [0.25, 0.3) is 0 Å². The molecule has 1 saturated heterocycles. The Morgan fingerprint density at radius 2 is 2.44 bits per heavy atom. The summed E-state index contributed by atoms with van der Waals surface area (Å²) in [4.78, 5) is 3.98. The summed E-state index contributed by atoms with van der Waals surface area (Å²) >= 11 is 5.94. The molecule has 0 amide bonds. The lowest BCUT2D eigenvalue weighted by atomic mass is 10.1. The maximum atomic E-state index is 5.94. The van der Waals surface area contributed by atoms with Crippen LogP contribution >= 0.6 is 11.6 Å². The number of hydrogen-bond donors (Lipinski definition) is 1. The van der Waals surface area contributed by atoms with Crippen molar-refractivity contribution in [2.24, 2.45) is 5.92 Å². The fourth-order valence-electron chi connectivity index (χ4n) is 2.13. The molecule has 1 aliphatic rings. The van der Waals surface area contributed by atoms with Gasteiger partial charge in [-0.1, -0.05) is 11.6 Å². The lowest BCUT2D eigenvalue weighted by molar-refractivity contribution is 0.558. The summed E-state index contributed by atoms with van der Waals surface area (Å²) in [6.07, 6.45) is 5.68. The van der Waals surface area contributed by atoms with E-state index in [1.54, 1.807) is 6.20 Å². The van der Waals surface area contributed by atoms with E-state index in [4.69, 9.17) is 11.6 Å². The lowest BCUT2D eigenvalue weighted by Gasteiger charge is -2.05. The lowest BCUT2D eigenvalue weighted by Crippen LogP contribution is -2.12. The van der Waals surface area contributed by atoms with Crippen LogP contribution in [-0.4, -0.2) is 32.7 Å². The highest BCUT2D eigenvalue weighted by molar-refractivity contribution is 6.32. The number of rotatable bonds is 2. The molecular weight excluding hydrogens is 226 g/mol. The number of nitrogens with zero attached hydrogens (tertiary/aromatic N) is 4. The van der Waals surface area contributed by atoms with Crippen LogP contribution in [0.4, 0.5) is 0 Å². The first-order valence-corrected chi connectivity index (χ1v) is 5.77. The van der Waals surface area contributed by atoms with Gasteiger partial charge in [0.2, 0.25) is 0 Å². The van der Waals surface area contributed by atoms with Crippen molar-refractivity contribution in [2.75, 3.05) is 13.1 Å². The van der Waals surface area contributed by atoms with Crippen LogP contribution in [0.3, 0.4) is 0 Å². The standard InChI is InChI=1S/C10H12ClN5/c11-9-10-15-14-8(16(10)4-3-13-9)5-7-1-2-12-6-7/h3-4,7,12H,1-2,5-6H2. The molecule has 84 valence electrons. The molecule has 0 saturated carbocycles. The first-order valence-electron chi connectivity index (χ1n) is 5.39. The highest BCUT2D eigenvalue weighted by atomic mass is 35.5. The monoisotopic (exact) mass is 237 g/mol. The molecule has 3 rings (SSSR count). The predicted molar refractivity (Wildman–Crippen MR) is 60.5 cm³/mol. The number of nitrogens with one attached hydrogen (secondary N) is 1. The second-order valence-corrected chi connectivity index (χ2v) is 4.45. The van der Waals surface area contributed by atoms with Crippen LogP contribution in [0.25, 0.3) is 5.65 Å². The molecular formula is C10H12ClN5. The van der Waals surface area contributed by atoms with Gasteiger partial charge in [0.1, 0.15) is 5.82 Å². The zero-order valence-corrected chi connectivity index (χ0v) is 9.48. The molecule has 0 radical (unpaired) electrons. The van der Waals surface area contributed by atoms with Gasteiger partial charge in [-0.05, 0) is 25.4 Å². The number of hydrogen-bond acceptors (Lipinski definition) is 4. The SMILES string of the molecule is Clc1nccn2c(CC3CCNC3)nnc12. The summed E-state index contributed by atoms with van der Waals surface area (Å²) in [5.41, 5.74) is 0.644. The van der Waals surface area contributed by atoms with Crippen LogP contribution in [-0.2, 0) is 6.42 Å². The molecule has 1 N–H and O–H groups in total. The van der Waals surface area contributed by atoms with Gasteiger partial charge in [-0.2, -0.15) is 0 Å². The van der Waals surface area contributed by atoms with E-state index in [9.17, 15) is 0 Å². The van der Waals surface area contributed by atoms with Gasteiger partial charge in [0, 0.05) is 18.8 Å². The van der Waals surface area contributed by atoms with Crippen molar-refractivity contribution in [2.45, 2.75) is 12.8 Å². The topological polar surface area (TPSA) is 55.1 Å². The van der Waals surface area contributed by atoms with E-state index in [1.807, 2.05) is 10.6 Å². The fourth-order valence-corrected chi connectivity index (χ4v) is 2.32. The third-order valence-corrected chi connectivity index (χ3v) is 3.25. The highest BCUT2D eigenvalue weighted by Gasteiger charge is 2.18. The minimum Gasteiger partial charge on any atom is -0.316 e. The van der Waals surface area contributed by atoms with Gasteiger partial charge >= 0.3 is 0 Å². The second-order valence-electron chi connectivity index (χ2n) is 4.09. The Morgan fingerprint density at radius 3 is 3.25 bits per heavy atom. The summed E-state index contributed by atoms with van der Waals surface area (Å²) in [6.45, 7) is 2.16. The number of aromatic nitrogens is 4. The fraction of sp³-hybridized carbons (Fsp3) is 0.500. The Bertz CT molecular complexity index is 503. The van der Waals surface area contributed by atoms with Gasteiger partial charge in [-0.3, -0.25) is 4.40 Å². The van der Waals surface area contributed by atoms with E-state index >= 15 is 0 Å². The third kappa shape index (κ3) is 1.66. The predicted octanol–water partition coefficient (Wildman–Crippen LogP) is 0.930. The molecule has 1 fully saturated rings. The Balaban J connectivity index is 1.94. The zero-order chi connectivity index (χ0) is 11.0. The number of fused-ring (bicyclic) bond motifs is 1. The molecule has 0 bridgehead atoms. The summed E-state index contributed by atoms with van der Waals surface area (Å²) in [5.74, 6) is 1.62. The molecule has 5 nitrogen and oxygen atoms in total. The minimum atomic E-state index is 0.408. The van der Waals surface area contributed by atoms with Crippen molar-refractivity contribution < 1.29 is 0 Å². The zero-order valence-electron chi connectivity index (χ0n) is 8.73. The first-order chi connectivity index (χ1) is 7.84. The van der Waals surface area contributed by atoms with Crippen LogP contribution in [0.15, 0.2) is 12.4 Å². The maximum absolute atomic E-state index is 5.94. The average molecular weight is 238 g/mol. The third-order valence-electron chi connectivity index (χ3n) is 2.99. The Kier molecular flexibility index (Phi) is 2.49. The van der Waals surface area contributed by atoms with Crippen molar-refractivity contribution in [3.05, 3.63) is 23.4 Å². The molecule has 3 heterocycles. The smallest absolute Gasteiger partial charge is 0.198 e. The maximum Gasteiger partial charge on any atom is 0.198 e. The molecule has 16 heavy (non-hydrogen) atoms. The van der Waals surface area contributed by atoms with Crippen LogP contribution in [0.1, 0.15) is 12.2 Å². The first kappa shape index (κ1) is 9.99. The molecule has 1 unspecified atom stereocenters. The largest absolute Gasteiger partial charge is 0.316 e. The molecule has 6 heteroatoms. The van der Waals surface area contributed by atoms with E-state index < -0.39 is 0 Å². The van der Waals surface area contributed by atoms with Crippen molar-refractivity contribution in [1.82, 2.24) is 24.9 Å². The van der Waals surface area contributed by atoms with Crippen molar-refractivity contribution in [3.8, 4) is 0 Å². The molecule has 0 aliphatic carbocycles. The van der Waals surface area contributed by atoms with Gasteiger partial charge in [0.05, 0.1) is 0 Å². The van der Waals surface area contributed by atoms with Crippen molar-refractivity contribution in [3.63, 3.8) is 0 Å². The summed E-state index contributed by atoms with van der Waals surface area (Å²) in [7, 11) is 0. The minimum absolute atomic E-state index is 0.408. The molecule has 2 aromatic rings. The van der Waals surface area contributed by atoms with Crippen LogP contribution < -0.4 is 5.32 Å². The molecule has 0 aromatic carbocycles. The quantitative estimate of drug-likeness (QED) is 0.844. The van der Waals surface area contributed by atoms with Crippen molar-refractivity contribution in [1.29, 1.82) is 0 Å². The Hall–Kier alpha value is -1.20. The van der Waals surface area contributed by atoms with Crippen LogP contribution in [0.5, 0.6) is 0 Å². The summed E-state index contributed by atoms with van der Waals surface area (Å²) < 4.78 is 1.92.